The lowest BCUT2D eigenvalue weighted by atomic mass is 9.98. The average molecular weight is 269 g/mol. The fourth-order valence-electron chi connectivity index (χ4n) is 1.69. The van der Waals surface area contributed by atoms with Gasteiger partial charge < -0.3 is 15.2 Å². The van der Waals surface area contributed by atoms with Gasteiger partial charge in [-0.3, -0.25) is 4.79 Å². The first-order valence-corrected chi connectivity index (χ1v) is 6.13. The summed E-state index contributed by atoms with van der Waals surface area (Å²) in [6.45, 7) is 3.58. The highest BCUT2D eigenvalue weighted by Gasteiger charge is 2.28. The first-order chi connectivity index (χ1) is 8.88. The van der Waals surface area contributed by atoms with Gasteiger partial charge in [0.05, 0.1) is 13.7 Å². The van der Waals surface area contributed by atoms with E-state index in [2.05, 4.69) is 4.74 Å². The molecule has 1 aromatic rings. The number of methoxy groups -OCH3 is 1. The van der Waals surface area contributed by atoms with Gasteiger partial charge in [0.2, 0.25) is 0 Å². The van der Waals surface area contributed by atoms with Gasteiger partial charge in [0, 0.05) is 0 Å². The van der Waals surface area contributed by atoms with Crippen LogP contribution in [-0.4, -0.2) is 25.2 Å². The number of aryl methyl sites for hydroxylation is 1. The number of ether oxygens (including phenoxy) is 2. The zero-order chi connectivity index (χ0) is 14.5. The number of rotatable bonds is 6. The van der Waals surface area contributed by atoms with Gasteiger partial charge in [0.25, 0.3) is 0 Å². The number of halogens is 1. The highest BCUT2D eigenvalue weighted by atomic mass is 19.1. The number of carbonyl (C=O) groups is 1. The second kappa shape index (κ2) is 6.52. The molecule has 0 aliphatic heterocycles. The molecule has 0 radical (unpaired) electrons. The van der Waals surface area contributed by atoms with Crippen LogP contribution in [0.15, 0.2) is 18.2 Å². The van der Waals surface area contributed by atoms with Crippen LogP contribution in [0.4, 0.5) is 4.39 Å². The van der Waals surface area contributed by atoms with Crippen LogP contribution in [-0.2, 0) is 9.53 Å². The van der Waals surface area contributed by atoms with Gasteiger partial charge in [-0.05, 0) is 38.3 Å². The Morgan fingerprint density at radius 1 is 1.47 bits per heavy atom. The first kappa shape index (κ1) is 15.4. The highest BCUT2D eigenvalue weighted by Crippen LogP contribution is 2.20. The van der Waals surface area contributed by atoms with Crippen molar-refractivity contribution < 1.29 is 18.7 Å². The van der Waals surface area contributed by atoms with Crippen molar-refractivity contribution in [3.63, 3.8) is 0 Å². The number of carbonyl (C=O) groups excluding carboxylic acids is 1. The van der Waals surface area contributed by atoms with Gasteiger partial charge >= 0.3 is 5.97 Å². The number of benzene rings is 1. The summed E-state index contributed by atoms with van der Waals surface area (Å²) in [5.74, 6) is -0.600. The molecule has 0 spiro atoms. The Morgan fingerprint density at radius 3 is 2.79 bits per heavy atom. The molecule has 0 fully saturated rings. The lowest BCUT2D eigenvalue weighted by molar-refractivity contribution is -0.146. The van der Waals surface area contributed by atoms with Crippen molar-refractivity contribution in [2.24, 2.45) is 5.73 Å². The second-order valence-electron chi connectivity index (χ2n) is 4.75. The standard InChI is InChI=1S/C14H20FNO3/c1-10-6-4-7-11(12(10)15)19-9-5-8-14(2,16)13(17)18-3/h4,6-7H,5,8-9,16H2,1-3H3. The first-order valence-electron chi connectivity index (χ1n) is 6.13. The van der Waals surface area contributed by atoms with Crippen LogP contribution in [0.1, 0.15) is 25.3 Å². The van der Waals surface area contributed by atoms with Crippen LogP contribution in [0.25, 0.3) is 0 Å². The molecule has 0 saturated carbocycles. The maximum Gasteiger partial charge on any atom is 0.325 e. The molecule has 0 aliphatic carbocycles. The third-order valence-electron chi connectivity index (χ3n) is 2.91. The molecule has 1 rings (SSSR count). The van der Waals surface area contributed by atoms with Crippen LogP contribution in [0.3, 0.4) is 0 Å². The third kappa shape index (κ3) is 4.21. The summed E-state index contributed by atoms with van der Waals surface area (Å²) in [6, 6.07) is 4.98. The van der Waals surface area contributed by atoms with E-state index in [1.807, 2.05) is 0 Å². The molecule has 1 atom stereocenters. The molecule has 0 aliphatic rings. The van der Waals surface area contributed by atoms with Crippen LogP contribution in [0.5, 0.6) is 5.75 Å². The minimum Gasteiger partial charge on any atom is -0.491 e. The summed E-state index contributed by atoms with van der Waals surface area (Å²) < 4.78 is 23.6. The fraction of sp³-hybridized carbons (Fsp3) is 0.500. The predicted molar refractivity (Wildman–Crippen MR) is 70.5 cm³/mol. The normalized spacial score (nSPS) is 13.7. The van der Waals surface area contributed by atoms with Gasteiger partial charge in [-0.2, -0.15) is 0 Å². The Kier molecular flexibility index (Phi) is 5.30. The molecule has 1 unspecified atom stereocenters. The lowest BCUT2D eigenvalue weighted by Gasteiger charge is -2.21. The van der Waals surface area contributed by atoms with Crippen molar-refractivity contribution in [1.82, 2.24) is 0 Å². The van der Waals surface area contributed by atoms with Crippen molar-refractivity contribution in [2.75, 3.05) is 13.7 Å². The quantitative estimate of drug-likeness (QED) is 0.635. The molecular weight excluding hydrogens is 249 g/mol. The van der Waals surface area contributed by atoms with Crippen molar-refractivity contribution in [1.29, 1.82) is 0 Å². The molecule has 0 aromatic heterocycles. The molecule has 2 N–H and O–H groups in total. The van der Waals surface area contributed by atoms with E-state index in [4.69, 9.17) is 10.5 Å². The van der Waals surface area contributed by atoms with E-state index in [0.29, 0.717) is 25.0 Å². The summed E-state index contributed by atoms with van der Waals surface area (Å²) in [4.78, 5) is 11.3. The Labute approximate surface area is 112 Å². The minimum atomic E-state index is -1.04. The van der Waals surface area contributed by atoms with Gasteiger partial charge in [-0.15, -0.1) is 0 Å². The molecule has 0 saturated heterocycles. The summed E-state index contributed by atoms with van der Waals surface area (Å²) in [6.07, 6.45) is 0.947. The van der Waals surface area contributed by atoms with Crippen molar-refractivity contribution in [3.05, 3.63) is 29.6 Å². The number of esters is 1. The summed E-state index contributed by atoms with van der Waals surface area (Å²) in [7, 11) is 1.30. The summed E-state index contributed by atoms with van der Waals surface area (Å²) >= 11 is 0. The van der Waals surface area contributed by atoms with E-state index in [1.54, 1.807) is 32.0 Å². The average Bonchev–Trinajstić information content (AvgIpc) is 2.38. The fourth-order valence-corrected chi connectivity index (χ4v) is 1.69. The maximum atomic E-state index is 13.6. The van der Waals surface area contributed by atoms with E-state index >= 15 is 0 Å². The van der Waals surface area contributed by atoms with Crippen molar-refractivity contribution in [3.8, 4) is 5.75 Å². The van der Waals surface area contributed by atoms with E-state index in [-0.39, 0.29) is 11.6 Å². The maximum absolute atomic E-state index is 13.6. The van der Waals surface area contributed by atoms with Gasteiger partial charge in [-0.25, -0.2) is 4.39 Å². The number of hydrogen-bond acceptors (Lipinski definition) is 4. The Balaban J connectivity index is 2.43. The zero-order valence-electron chi connectivity index (χ0n) is 11.5. The monoisotopic (exact) mass is 269 g/mol. The molecule has 19 heavy (non-hydrogen) atoms. The Hall–Kier alpha value is -1.62. The molecule has 5 heteroatoms. The van der Waals surface area contributed by atoms with Crippen molar-refractivity contribution in [2.45, 2.75) is 32.2 Å². The molecule has 0 amide bonds. The van der Waals surface area contributed by atoms with Crippen LogP contribution in [0, 0.1) is 12.7 Å². The van der Waals surface area contributed by atoms with Crippen LogP contribution in [0.2, 0.25) is 0 Å². The molecule has 0 bridgehead atoms. The van der Waals surface area contributed by atoms with E-state index in [9.17, 15) is 9.18 Å². The second-order valence-corrected chi connectivity index (χ2v) is 4.75. The lowest BCUT2D eigenvalue weighted by Crippen LogP contribution is -2.45. The smallest absolute Gasteiger partial charge is 0.325 e. The van der Waals surface area contributed by atoms with Gasteiger partial charge in [0.15, 0.2) is 11.6 Å². The van der Waals surface area contributed by atoms with Gasteiger partial charge in [-0.1, -0.05) is 12.1 Å². The predicted octanol–water partition coefficient (Wildman–Crippen LogP) is 2.18. The summed E-state index contributed by atoms with van der Waals surface area (Å²) in [5.41, 5.74) is 5.30. The SMILES string of the molecule is COC(=O)C(C)(N)CCCOc1cccc(C)c1F. The van der Waals surface area contributed by atoms with E-state index in [0.717, 1.165) is 0 Å². The molecular formula is C14H20FNO3. The summed E-state index contributed by atoms with van der Waals surface area (Å²) in [5, 5.41) is 0. The van der Waals surface area contributed by atoms with Crippen LogP contribution >= 0.6 is 0 Å². The number of hydrogen-bond donors (Lipinski definition) is 1. The highest BCUT2D eigenvalue weighted by molar-refractivity contribution is 5.79. The third-order valence-corrected chi connectivity index (χ3v) is 2.91. The number of nitrogens with two attached hydrogens (primary N) is 1. The van der Waals surface area contributed by atoms with Crippen molar-refractivity contribution >= 4 is 5.97 Å². The minimum absolute atomic E-state index is 0.219. The zero-order valence-corrected chi connectivity index (χ0v) is 11.5. The topological polar surface area (TPSA) is 61.5 Å². The molecule has 0 heterocycles. The molecule has 106 valence electrons. The van der Waals surface area contributed by atoms with Gasteiger partial charge in [0.1, 0.15) is 5.54 Å². The molecule has 1 aromatic carbocycles. The van der Waals surface area contributed by atoms with E-state index in [1.165, 1.54) is 7.11 Å². The van der Waals surface area contributed by atoms with E-state index < -0.39 is 11.5 Å². The van der Waals surface area contributed by atoms with Crippen LogP contribution < -0.4 is 10.5 Å². The molecule has 4 nitrogen and oxygen atoms in total. The Morgan fingerprint density at radius 2 is 2.16 bits per heavy atom. The largest absolute Gasteiger partial charge is 0.491 e. The Bertz CT molecular complexity index is 446.